The zero-order valence-corrected chi connectivity index (χ0v) is 10.1. The molecule has 0 aromatic heterocycles. The van der Waals surface area contributed by atoms with Gasteiger partial charge in [0.25, 0.3) is 0 Å². The first-order chi connectivity index (χ1) is 8.31. The average Bonchev–Trinajstić information content (AvgIpc) is 2.38. The number of ketones is 1. The summed E-state index contributed by atoms with van der Waals surface area (Å²) in [5.41, 5.74) is 1.64. The van der Waals surface area contributed by atoms with Crippen LogP contribution in [0.15, 0.2) is 18.2 Å². The second-order valence-corrected chi connectivity index (χ2v) is 4.09. The molecule has 4 heteroatoms. The zero-order valence-electron chi connectivity index (χ0n) is 10.1. The summed E-state index contributed by atoms with van der Waals surface area (Å²) >= 11 is 0. The van der Waals surface area contributed by atoms with Gasteiger partial charge in [-0.05, 0) is 31.2 Å². The van der Waals surface area contributed by atoms with Gasteiger partial charge in [-0.25, -0.2) is 0 Å². The largest absolute Gasteiger partial charge is 0.490 e. The molecular weight excluding hydrogens is 216 g/mol. The Morgan fingerprint density at radius 3 is 3.24 bits per heavy atom. The Morgan fingerprint density at radius 2 is 2.41 bits per heavy atom. The number of fused-ring (bicyclic) bond motifs is 1. The van der Waals surface area contributed by atoms with E-state index in [0.717, 1.165) is 36.5 Å². The molecule has 0 bridgehead atoms. The van der Waals surface area contributed by atoms with Crippen molar-refractivity contribution in [3.63, 3.8) is 0 Å². The molecule has 0 radical (unpaired) electrons. The molecule has 92 valence electrons. The van der Waals surface area contributed by atoms with Crippen molar-refractivity contribution in [2.24, 2.45) is 0 Å². The normalized spacial score (nSPS) is 13.5. The smallest absolute Gasteiger partial charge is 0.176 e. The summed E-state index contributed by atoms with van der Waals surface area (Å²) in [5, 5.41) is 6.34. The number of hydrogen-bond acceptors (Lipinski definition) is 4. The molecule has 1 aromatic rings. The topological polar surface area (TPSA) is 50.4 Å². The lowest BCUT2D eigenvalue weighted by Crippen LogP contribution is -2.24. The minimum absolute atomic E-state index is 0.119. The molecule has 4 nitrogen and oxygen atoms in total. The maximum absolute atomic E-state index is 11.9. The molecule has 1 heterocycles. The standard InChI is InChI=1S/C13H18N2O2/c1-2-5-14-9-12(16)10-3-4-13-11(8-10)15-6-7-17-13/h3-4,8,14-15H,2,5-7,9H2,1H3. The van der Waals surface area contributed by atoms with Crippen molar-refractivity contribution in [2.45, 2.75) is 13.3 Å². The molecule has 0 saturated carbocycles. The van der Waals surface area contributed by atoms with Gasteiger partial charge in [0.2, 0.25) is 0 Å². The molecule has 0 unspecified atom stereocenters. The van der Waals surface area contributed by atoms with Crippen LogP contribution in [0.4, 0.5) is 5.69 Å². The SMILES string of the molecule is CCCNCC(=O)c1ccc2c(c1)NCCO2. The molecule has 1 aliphatic rings. The summed E-state index contributed by atoms with van der Waals surface area (Å²) in [6, 6.07) is 5.54. The number of carbonyl (C=O) groups excluding carboxylic acids is 1. The Balaban J connectivity index is 2.03. The van der Waals surface area contributed by atoms with Gasteiger partial charge in [0.05, 0.1) is 12.2 Å². The highest BCUT2D eigenvalue weighted by Gasteiger charge is 2.12. The number of ether oxygens (including phenoxy) is 1. The number of carbonyl (C=O) groups is 1. The molecular formula is C13H18N2O2. The first kappa shape index (κ1) is 11.9. The third-order valence-corrected chi connectivity index (χ3v) is 2.69. The van der Waals surface area contributed by atoms with Gasteiger partial charge in [-0.2, -0.15) is 0 Å². The van der Waals surface area contributed by atoms with Crippen LogP contribution < -0.4 is 15.4 Å². The highest BCUT2D eigenvalue weighted by molar-refractivity contribution is 5.98. The van der Waals surface area contributed by atoms with Gasteiger partial charge in [-0.3, -0.25) is 4.79 Å². The molecule has 0 saturated heterocycles. The zero-order chi connectivity index (χ0) is 12.1. The summed E-state index contributed by atoms with van der Waals surface area (Å²) in [5.74, 6) is 0.947. The first-order valence-electron chi connectivity index (χ1n) is 6.06. The summed E-state index contributed by atoms with van der Waals surface area (Å²) in [6.07, 6.45) is 1.03. The van der Waals surface area contributed by atoms with Crippen molar-refractivity contribution < 1.29 is 9.53 Å². The molecule has 1 aliphatic heterocycles. The van der Waals surface area contributed by atoms with Crippen LogP contribution in [0.3, 0.4) is 0 Å². The molecule has 0 atom stereocenters. The van der Waals surface area contributed by atoms with Crippen LogP contribution in [0.25, 0.3) is 0 Å². The monoisotopic (exact) mass is 234 g/mol. The van der Waals surface area contributed by atoms with Gasteiger partial charge >= 0.3 is 0 Å². The van der Waals surface area contributed by atoms with Gasteiger partial charge in [-0.1, -0.05) is 6.92 Å². The van der Waals surface area contributed by atoms with E-state index in [1.165, 1.54) is 0 Å². The molecule has 17 heavy (non-hydrogen) atoms. The van der Waals surface area contributed by atoms with E-state index in [1.54, 1.807) is 0 Å². The van der Waals surface area contributed by atoms with E-state index in [2.05, 4.69) is 17.6 Å². The average molecular weight is 234 g/mol. The highest BCUT2D eigenvalue weighted by atomic mass is 16.5. The Labute approximate surface area is 101 Å². The number of benzene rings is 1. The summed E-state index contributed by atoms with van der Waals surface area (Å²) in [4.78, 5) is 11.9. The molecule has 2 N–H and O–H groups in total. The maximum Gasteiger partial charge on any atom is 0.176 e. The highest BCUT2D eigenvalue weighted by Crippen LogP contribution is 2.27. The predicted molar refractivity (Wildman–Crippen MR) is 67.9 cm³/mol. The number of Topliss-reactive ketones (excluding diaryl/α,β-unsaturated/α-hetero) is 1. The third-order valence-electron chi connectivity index (χ3n) is 2.69. The summed E-state index contributed by atoms with van der Waals surface area (Å²) in [6.45, 7) is 4.82. The fourth-order valence-electron chi connectivity index (χ4n) is 1.79. The van der Waals surface area contributed by atoms with Crippen LogP contribution in [-0.2, 0) is 0 Å². The minimum Gasteiger partial charge on any atom is -0.490 e. The Kier molecular flexibility index (Phi) is 3.98. The maximum atomic E-state index is 11.9. The number of rotatable bonds is 5. The first-order valence-corrected chi connectivity index (χ1v) is 6.06. The van der Waals surface area contributed by atoms with Gasteiger partial charge in [0.15, 0.2) is 5.78 Å². The number of hydrogen-bond donors (Lipinski definition) is 2. The van der Waals surface area contributed by atoms with Crippen molar-refractivity contribution in [1.82, 2.24) is 5.32 Å². The molecule has 0 fully saturated rings. The lowest BCUT2D eigenvalue weighted by molar-refractivity contribution is 0.0991. The van der Waals surface area contributed by atoms with Crippen molar-refractivity contribution in [1.29, 1.82) is 0 Å². The Hall–Kier alpha value is -1.55. The molecule has 0 spiro atoms. The summed E-state index contributed by atoms with van der Waals surface area (Å²) < 4.78 is 5.47. The van der Waals surface area contributed by atoms with E-state index in [9.17, 15) is 4.79 Å². The van der Waals surface area contributed by atoms with Crippen LogP contribution >= 0.6 is 0 Å². The van der Waals surface area contributed by atoms with Crippen molar-refractivity contribution in [2.75, 3.05) is 31.6 Å². The Morgan fingerprint density at radius 1 is 1.53 bits per heavy atom. The van der Waals surface area contributed by atoms with Crippen LogP contribution in [0.5, 0.6) is 5.75 Å². The van der Waals surface area contributed by atoms with Gasteiger partial charge in [0, 0.05) is 12.1 Å². The third kappa shape index (κ3) is 2.97. The van der Waals surface area contributed by atoms with Gasteiger partial charge in [0.1, 0.15) is 12.4 Å². The van der Waals surface area contributed by atoms with Gasteiger partial charge < -0.3 is 15.4 Å². The molecule has 2 rings (SSSR count). The molecule has 0 amide bonds. The number of anilines is 1. The molecule has 0 aliphatic carbocycles. The number of nitrogens with one attached hydrogen (secondary N) is 2. The molecule has 1 aromatic carbocycles. The minimum atomic E-state index is 0.119. The van der Waals surface area contributed by atoms with E-state index in [1.807, 2.05) is 18.2 Å². The van der Waals surface area contributed by atoms with Crippen molar-refractivity contribution in [3.05, 3.63) is 23.8 Å². The van der Waals surface area contributed by atoms with Crippen molar-refractivity contribution in [3.8, 4) is 5.75 Å². The van der Waals surface area contributed by atoms with E-state index in [-0.39, 0.29) is 5.78 Å². The predicted octanol–water partition coefficient (Wildman–Crippen LogP) is 1.67. The quantitative estimate of drug-likeness (QED) is 0.601. The van der Waals surface area contributed by atoms with Crippen LogP contribution in [0.2, 0.25) is 0 Å². The van der Waals surface area contributed by atoms with E-state index in [4.69, 9.17) is 4.74 Å². The van der Waals surface area contributed by atoms with Crippen LogP contribution in [0.1, 0.15) is 23.7 Å². The van der Waals surface area contributed by atoms with Crippen LogP contribution in [-0.4, -0.2) is 32.0 Å². The fourth-order valence-corrected chi connectivity index (χ4v) is 1.79. The second-order valence-electron chi connectivity index (χ2n) is 4.09. The van der Waals surface area contributed by atoms with Crippen molar-refractivity contribution >= 4 is 11.5 Å². The van der Waals surface area contributed by atoms with E-state index in [0.29, 0.717) is 13.2 Å². The lowest BCUT2D eigenvalue weighted by Gasteiger charge is -2.19. The van der Waals surface area contributed by atoms with E-state index >= 15 is 0 Å². The summed E-state index contributed by atoms with van der Waals surface area (Å²) in [7, 11) is 0. The van der Waals surface area contributed by atoms with Crippen LogP contribution in [0, 0.1) is 0 Å². The lowest BCUT2D eigenvalue weighted by atomic mass is 10.1. The van der Waals surface area contributed by atoms with E-state index < -0.39 is 0 Å². The second kappa shape index (κ2) is 5.68. The Bertz CT molecular complexity index is 404. The fraction of sp³-hybridized carbons (Fsp3) is 0.462. The van der Waals surface area contributed by atoms with Gasteiger partial charge in [-0.15, -0.1) is 0 Å².